The maximum absolute atomic E-state index is 11.6. The Balaban J connectivity index is 1.68. The van der Waals surface area contributed by atoms with Gasteiger partial charge in [0, 0.05) is 19.3 Å². The van der Waals surface area contributed by atoms with Gasteiger partial charge in [0.05, 0.1) is 5.75 Å². The van der Waals surface area contributed by atoms with E-state index >= 15 is 0 Å². The van der Waals surface area contributed by atoms with Gasteiger partial charge in [-0.1, -0.05) is 41.6 Å². The Morgan fingerprint density at radius 3 is 2.68 bits per heavy atom. The molecule has 2 N–H and O–H groups in total. The van der Waals surface area contributed by atoms with Gasteiger partial charge in [0.15, 0.2) is 0 Å². The lowest BCUT2D eigenvalue weighted by molar-refractivity contribution is -0.124. The largest absolute Gasteiger partial charge is 0.336 e. The fraction of sp³-hybridized carbons (Fsp3) is 0.267. The third-order valence-electron chi connectivity index (χ3n) is 3.03. The fourth-order valence-electron chi connectivity index (χ4n) is 1.82. The van der Waals surface area contributed by atoms with Crippen LogP contribution in [0.25, 0.3) is 6.08 Å². The van der Waals surface area contributed by atoms with Crippen molar-refractivity contribution >= 4 is 35.0 Å². The Bertz CT molecular complexity index is 583. The Morgan fingerprint density at radius 1 is 1.32 bits per heavy atom. The molecule has 2 rings (SSSR count). The number of benzene rings is 1. The molecule has 1 fully saturated rings. The van der Waals surface area contributed by atoms with Crippen LogP contribution in [0, 0.1) is 6.92 Å². The van der Waals surface area contributed by atoms with Gasteiger partial charge in [-0.15, -0.1) is 0 Å². The van der Waals surface area contributed by atoms with Crippen LogP contribution in [0.4, 0.5) is 9.59 Å². The van der Waals surface area contributed by atoms with E-state index in [1.54, 1.807) is 12.3 Å². The maximum Gasteiger partial charge on any atom is 0.318 e. The van der Waals surface area contributed by atoms with Gasteiger partial charge in [0.25, 0.3) is 5.24 Å². The molecular weight excluding hydrogens is 302 g/mol. The van der Waals surface area contributed by atoms with Crippen LogP contribution >= 0.6 is 11.8 Å². The van der Waals surface area contributed by atoms with Crippen molar-refractivity contribution in [3.05, 3.63) is 41.6 Å². The molecule has 1 aromatic carbocycles. The zero-order valence-corrected chi connectivity index (χ0v) is 13.0. The monoisotopic (exact) mass is 319 g/mol. The molecule has 22 heavy (non-hydrogen) atoms. The van der Waals surface area contributed by atoms with E-state index in [1.165, 1.54) is 5.56 Å². The van der Waals surface area contributed by atoms with E-state index in [0.29, 0.717) is 0 Å². The second kappa shape index (κ2) is 7.65. The summed E-state index contributed by atoms with van der Waals surface area (Å²) in [4.78, 5) is 35.4. The molecule has 1 heterocycles. The molecule has 0 unspecified atom stereocenters. The first-order valence-corrected chi connectivity index (χ1v) is 7.79. The number of hydrogen-bond donors (Lipinski definition) is 2. The number of urea groups is 1. The third kappa shape index (κ3) is 4.63. The fourth-order valence-corrected chi connectivity index (χ4v) is 2.57. The van der Waals surface area contributed by atoms with E-state index in [-0.39, 0.29) is 36.0 Å². The summed E-state index contributed by atoms with van der Waals surface area (Å²) in [5.41, 5.74) is 2.16. The minimum atomic E-state index is -0.380. The number of carbonyl (C=O) groups is 3. The minimum absolute atomic E-state index is 0.185. The summed E-state index contributed by atoms with van der Waals surface area (Å²) in [5.74, 6) is -0.0268. The normalized spacial score (nSPS) is 14.7. The highest BCUT2D eigenvalue weighted by molar-refractivity contribution is 8.14. The van der Waals surface area contributed by atoms with Gasteiger partial charge >= 0.3 is 6.03 Å². The summed E-state index contributed by atoms with van der Waals surface area (Å²) < 4.78 is 0. The molecule has 0 bridgehead atoms. The second-order valence-electron chi connectivity index (χ2n) is 4.74. The van der Waals surface area contributed by atoms with E-state index in [1.807, 2.05) is 31.2 Å². The smallest absolute Gasteiger partial charge is 0.318 e. The van der Waals surface area contributed by atoms with Crippen molar-refractivity contribution in [3.63, 3.8) is 0 Å². The van der Waals surface area contributed by atoms with E-state index in [0.717, 1.165) is 22.2 Å². The molecule has 1 aliphatic rings. The predicted molar refractivity (Wildman–Crippen MR) is 86.3 cm³/mol. The molecule has 0 aliphatic carbocycles. The zero-order valence-electron chi connectivity index (χ0n) is 12.2. The van der Waals surface area contributed by atoms with Crippen molar-refractivity contribution in [1.82, 2.24) is 15.5 Å². The summed E-state index contributed by atoms with van der Waals surface area (Å²) in [6, 6.07) is 7.50. The molecule has 116 valence electrons. The first-order chi connectivity index (χ1) is 10.6. The second-order valence-corrected chi connectivity index (χ2v) is 5.67. The van der Waals surface area contributed by atoms with Crippen molar-refractivity contribution in [1.29, 1.82) is 0 Å². The summed E-state index contributed by atoms with van der Waals surface area (Å²) >= 11 is 0.983. The van der Waals surface area contributed by atoms with Crippen LogP contribution in [0.2, 0.25) is 0 Å². The number of hydrogen-bond acceptors (Lipinski definition) is 4. The van der Waals surface area contributed by atoms with Gasteiger partial charge in [-0.05, 0) is 18.6 Å². The van der Waals surface area contributed by atoms with E-state index in [4.69, 9.17) is 0 Å². The lowest BCUT2D eigenvalue weighted by Crippen LogP contribution is -2.40. The van der Waals surface area contributed by atoms with Crippen molar-refractivity contribution in [2.45, 2.75) is 6.92 Å². The van der Waals surface area contributed by atoms with Gasteiger partial charge < -0.3 is 10.6 Å². The van der Waals surface area contributed by atoms with Crippen LogP contribution in [0.15, 0.2) is 30.5 Å². The summed E-state index contributed by atoms with van der Waals surface area (Å²) in [7, 11) is 0. The Morgan fingerprint density at radius 2 is 2.05 bits per heavy atom. The van der Waals surface area contributed by atoms with Crippen LogP contribution in [0.1, 0.15) is 11.1 Å². The van der Waals surface area contributed by atoms with Crippen molar-refractivity contribution in [2.75, 3.05) is 18.8 Å². The highest BCUT2D eigenvalue weighted by atomic mass is 32.2. The first kappa shape index (κ1) is 16.1. The Hall–Kier alpha value is -2.28. The molecule has 1 aliphatic heterocycles. The molecule has 4 amide bonds. The quantitative estimate of drug-likeness (QED) is 0.869. The molecule has 0 saturated carbocycles. The lowest BCUT2D eigenvalue weighted by atomic mass is 10.1. The molecule has 7 heteroatoms. The van der Waals surface area contributed by atoms with Crippen LogP contribution in [0.3, 0.4) is 0 Å². The topological polar surface area (TPSA) is 78.5 Å². The van der Waals surface area contributed by atoms with Crippen LogP contribution in [0.5, 0.6) is 0 Å². The number of rotatable bonds is 5. The SMILES string of the molecule is Cc1ccc(/C=C/NC(=O)NCCN2C(=O)CSC2=O)cc1. The van der Waals surface area contributed by atoms with Crippen LogP contribution in [-0.2, 0) is 4.79 Å². The van der Waals surface area contributed by atoms with Crippen LogP contribution in [-0.4, -0.2) is 40.9 Å². The average molecular weight is 319 g/mol. The first-order valence-electron chi connectivity index (χ1n) is 6.81. The number of nitrogens with one attached hydrogen (secondary N) is 2. The van der Waals surface area contributed by atoms with Crippen LogP contribution < -0.4 is 10.6 Å². The molecule has 1 aromatic rings. The number of aryl methyl sites for hydroxylation is 1. The molecule has 0 atom stereocenters. The Labute approximate surface area is 132 Å². The molecule has 0 aromatic heterocycles. The van der Waals surface area contributed by atoms with Gasteiger partial charge in [0.2, 0.25) is 5.91 Å². The number of nitrogens with zero attached hydrogens (tertiary/aromatic N) is 1. The van der Waals surface area contributed by atoms with E-state index in [9.17, 15) is 14.4 Å². The summed E-state index contributed by atoms with van der Waals surface area (Å²) in [6.45, 7) is 2.43. The molecule has 0 radical (unpaired) electrons. The number of amides is 4. The van der Waals surface area contributed by atoms with Gasteiger partial charge in [0.1, 0.15) is 0 Å². The van der Waals surface area contributed by atoms with E-state index < -0.39 is 0 Å². The van der Waals surface area contributed by atoms with E-state index in [2.05, 4.69) is 10.6 Å². The van der Waals surface area contributed by atoms with Gasteiger partial charge in [-0.3, -0.25) is 14.5 Å². The average Bonchev–Trinajstić information content (AvgIpc) is 2.81. The zero-order chi connectivity index (χ0) is 15.9. The molecular formula is C15H17N3O3S. The van der Waals surface area contributed by atoms with Crippen molar-refractivity contribution < 1.29 is 14.4 Å². The lowest BCUT2D eigenvalue weighted by Gasteiger charge is -2.12. The van der Waals surface area contributed by atoms with Crippen molar-refractivity contribution in [3.8, 4) is 0 Å². The predicted octanol–water partition coefficient (Wildman–Crippen LogP) is 1.96. The third-order valence-corrected chi connectivity index (χ3v) is 3.89. The molecule has 6 nitrogen and oxygen atoms in total. The van der Waals surface area contributed by atoms with Crippen molar-refractivity contribution in [2.24, 2.45) is 0 Å². The Kier molecular flexibility index (Phi) is 5.60. The number of imide groups is 1. The molecule has 0 spiro atoms. The number of carbonyl (C=O) groups excluding carboxylic acids is 3. The molecule has 1 saturated heterocycles. The highest BCUT2D eigenvalue weighted by Crippen LogP contribution is 2.17. The summed E-state index contributed by atoms with van der Waals surface area (Å²) in [5, 5.41) is 4.90. The number of thioether (sulfide) groups is 1. The standard InChI is InChI=1S/C15H17N3O3S/c1-11-2-4-12(5-3-11)6-7-16-14(20)17-8-9-18-13(19)10-22-15(18)21/h2-7H,8-10H2,1H3,(H2,16,17,20)/b7-6+. The minimum Gasteiger partial charge on any atom is -0.336 e. The highest BCUT2D eigenvalue weighted by Gasteiger charge is 2.29. The maximum atomic E-state index is 11.6. The summed E-state index contributed by atoms with van der Waals surface area (Å²) in [6.07, 6.45) is 3.32. The van der Waals surface area contributed by atoms with Gasteiger partial charge in [-0.25, -0.2) is 4.79 Å². The van der Waals surface area contributed by atoms with Gasteiger partial charge in [-0.2, -0.15) is 0 Å².